The average molecular weight is 879 g/mol. The van der Waals surface area contributed by atoms with Crippen LogP contribution in [0.1, 0.15) is 12.5 Å². The van der Waals surface area contributed by atoms with Crippen LogP contribution in [-0.4, -0.2) is 5.11 Å². The van der Waals surface area contributed by atoms with Gasteiger partial charge in [0.1, 0.15) is 5.75 Å². The van der Waals surface area contributed by atoms with Crippen LogP contribution in [0, 0.1) is 115 Å². The second-order valence-corrected chi connectivity index (χ2v) is 1.88. The summed E-state index contributed by atoms with van der Waals surface area (Å²) in [4.78, 5) is 0. The summed E-state index contributed by atoms with van der Waals surface area (Å²) in [6, 6.07) is 7.22. The Hall–Kier alpha value is 2.18. The molecule has 0 aromatic heterocycles. The first kappa shape index (κ1) is 30.3. The fraction of sp³-hybridized carbons (Fsp3) is 0.182. The van der Waals surface area contributed by atoms with Crippen molar-refractivity contribution in [2.24, 2.45) is 0 Å². The topological polar surface area (TPSA) is 20.2 Å². The van der Waals surface area contributed by atoms with Gasteiger partial charge in [0, 0.05) is 62.2 Å². The van der Waals surface area contributed by atoms with E-state index in [9.17, 15) is 0 Å². The molecule has 1 nitrogen and oxygen atoms in total. The molecule has 0 saturated carbocycles. The number of hydrogen-bond donors (Lipinski definition) is 1. The zero-order valence-electron chi connectivity index (χ0n) is 9.38. The predicted octanol–water partition coefficient (Wildman–Crippen LogP) is 3.06. The Balaban J connectivity index is -0.0000000526. The number of rotatable bonds is 1. The minimum absolute atomic E-state index is 0. The van der Waals surface area contributed by atoms with E-state index in [-0.39, 0.29) is 101 Å². The van der Waals surface area contributed by atoms with Crippen LogP contribution in [0.15, 0.2) is 24.3 Å². The molecule has 0 radical (unpaired) electrons. The van der Waals surface area contributed by atoms with Crippen molar-refractivity contribution in [3.8, 4) is 5.75 Å². The largest absolute Gasteiger partial charge is 2.00 e. The average Bonchev–Trinajstić information content (AvgIpc) is 2.09. The molecule has 0 aliphatic carbocycles. The standard InChI is InChI=1S/C8H9O.C2H5.CH3.3U/c1-2-7-5-3-4-6-8(7)9;1-2;;;;/h3-6,9H,1-2H2;1H2,2H3;1H3;;;/q3*-1;;;+2. The molecule has 1 aromatic carbocycles. The molecule has 0 saturated heterocycles. The number of phenolic OH excluding ortho intramolecular Hbond substituents is 1. The van der Waals surface area contributed by atoms with Gasteiger partial charge in [0.05, 0.1) is 0 Å². The summed E-state index contributed by atoms with van der Waals surface area (Å²) in [5.74, 6) is 0.340. The van der Waals surface area contributed by atoms with Crippen molar-refractivity contribution >= 4 is 0 Å². The molecule has 0 fully saturated rings. The van der Waals surface area contributed by atoms with Gasteiger partial charge in [0.15, 0.2) is 0 Å². The second kappa shape index (κ2) is 21.5. The summed E-state index contributed by atoms with van der Waals surface area (Å²) in [5.41, 5.74) is 0.900. The van der Waals surface area contributed by atoms with Gasteiger partial charge in [0.25, 0.3) is 0 Å². The van der Waals surface area contributed by atoms with Gasteiger partial charge in [-0.15, -0.1) is 0 Å². The molecular weight excluding hydrogens is 862 g/mol. The molecule has 0 aliphatic heterocycles. The minimum Gasteiger partial charge on any atom is -0.508 e. The van der Waals surface area contributed by atoms with Crippen molar-refractivity contribution in [2.75, 3.05) is 0 Å². The molecule has 15 heavy (non-hydrogen) atoms. The van der Waals surface area contributed by atoms with Gasteiger partial charge in [0.2, 0.25) is 0 Å². The van der Waals surface area contributed by atoms with Crippen molar-refractivity contribution < 1.29 is 98.4 Å². The quantitative estimate of drug-likeness (QED) is 0.431. The maximum absolute atomic E-state index is 9.07. The van der Waals surface area contributed by atoms with Crippen LogP contribution in [0.25, 0.3) is 0 Å². The maximum Gasteiger partial charge on any atom is 2.00 e. The summed E-state index contributed by atoms with van der Waals surface area (Å²) >= 11 is 0. The third-order valence-corrected chi connectivity index (χ3v) is 1.26. The third kappa shape index (κ3) is 14.1. The number of phenols is 1. The zero-order chi connectivity index (χ0) is 8.69. The molecule has 1 N–H and O–H groups in total. The summed E-state index contributed by atoms with van der Waals surface area (Å²) in [5, 5.41) is 9.07. The summed E-state index contributed by atoms with van der Waals surface area (Å²) in [6.45, 7) is 8.66. The molecule has 0 amide bonds. The van der Waals surface area contributed by atoms with E-state index in [4.69, 9.17) is 5.11 Å². The first-order valence-electron chi connectivity index (χ1n) is 3.61. The van der Waals surface area contributed by atoms with Crippen LogP contribution >= 0.6 is 0 Å². The molecule has 0 heterocycles. The van der Waals surface area contributed by atoms with Crippen LogP contribution in [0.5, 0.6) is 5.75 Å². The molecular formula is C11H17OU3-. The van der Waals surface area contributed by atoms with E-state index in [0.717, 1.165) is 5.56 Å². The predicted molar refractivity (Wildman–Crippen MR) is 54.6 cm³/mol. The normalized spacial score (nSPS) is 6.07. The van der Waals surface area contributed by atoms with E-state index in [0.29, 0.717) is 12.2 Å². The van der Waals surface area contributed by atoms with Crippen molar-refractivity contribution in [2.45, 2.75) is 13.3 Å². The summed E-state index contributed by atoms with van der Waals surface area (Å²) in [6.07, 6.45) is 0.646. The van der Waals surface area contributed by atoms with Gasteiger partial charge in [-0.3, -0.25) is 0 Å². The summed E-state index contributed by atoms with van der Waals surface area (Å²) in [7, 11) is 0. The van der Waals surface area contributed by atoms with Crippen LogP contribution in [-0.2, 0) is 6.42 Å². The Labute approximate surface area is 166 Å². The van der Waals surface area contributed by atoms with Gasteiger partial charge < -0.3 is 26.4 Å². The molecule has 0 spiro atoms. The van der Waals surface area contributed by atoms with Crippen molar-refractivity contribution in [1.29, 1.82) is 0 Å². The van der Waals surface area contributed by atoms with Crippen LogP contribution in [0.2, 0.25) is 0 Å². The molecule has 0 aliphatic rings. The number of aromatic hydroxyl groups is 1. The third-order valence-electron chi connectivity index (χ3n) is 1.26. The van der Waals surface area contributed by atoms with Crippen molar-refractivity contribution in [3.63, 3.8) is 0 Å². The number of para-hydroxylation sites is 1. The van der Waals surface area contributed by atoms with E-state index in [2.05, 4.69) is 13.8 Å². The molecule has 0 atom stereocenters. The zero-order valence-corrected chi connectivity index (χ0v) is 21.9. The monoisotopic (exact) mass is 879 g/mol. The van der Waals surface area contributed by atoms with Gasteiger partial charge in [-0.25, -0.2) is 0 Å². The van der Waals surface area contributed by atoms with Crippen LogP contribution < -0.4 is 0 Å². The molecule has 0 unspecified atom stereocenters. The Morgan fingerprint density at radius 3 is 1.80 bits per heavy atom. The molecule has 1 rings (SSSR count). The van der Waals surface area contributed by atoms with Crippen LogP contribution in [0.4, 0.5) is 0 Å². The molecule has 80 valence electrons. The molecule has 4 heteroatoms. The fourth-order valence-electron chi connectivity index (χ4n) is 0.722. The summed E-state index contributed by atoms with van der Waals surface area (Å²) < 4.78 is 0. The molecule has 0 bridgehead atoms. The minimum atomic E-state index is 0. The number of hydrogen-bond acceptors (Lipinski definition) is 1. The van der Waals surface area contributed by atoms with Crippen molar-refractivity contribution in [1.82, 2.24) is 0 Å². The van der Waals surface area contributed by atoms with Crippen LogP contribution in [0.3, 0.4) is 0 Å². The Bertz CT molecular complexity index is 205. The van der Waals surface area contributed by atoms with Crippen molar-refractivity contribution in [3.05, 3.63) is 51.1 Å². The van der Waals surface area contributed by atoms with Gasteiger partial charge in [-0.2, -0.15) is 13.3 Å². The number of benzene rings is 1. The van der Waals surface area contributed by atoms with E-state index in [1.54, 1.807) is 19.1 Å². The van der Waals surface area contributed by atoms with Gasteiger partial charge in [-0.1, -0.05) is 18.2 Å². The molecule has 1 aromatic rings. The van der Waals surface area contributed by atoms with E-state index in [1.807, 2.05) is 12.1 Å². The van der Waals surface area contributed by atoms with E-state index < -0.39 is 0 Å². The SMILES string of the molecule is [CH2-]C.[CH2-]Cc1ccccc1O.[CH3-].[U+2].[U].[U]. The maximum atomic E-state index is 9.07. The Kier molecular flexibility index (Phi) is 43.4. The smallest absolute Gasteiger partial charge is 0.508 e. The van der Waals surface area contributed by atoms with Gasteiger partial charge in [-0.05, 0) is 11.6 Å². The van der Waals surface area contributed by atoms with E-state index >= 15 is 0 Å². The Morgan fingerprint density at radius 1 is 1.13 bits per heavy atom. The van der Waals surface area contributed by atoms with Gasteiger partial charge >= 0.3 is 31.1 Å². The fourth-order valence-corrected chi connectivity index (χ4v) is 0.722. The Morgan fingerprint density at radius 2 is 1.53 bits per heavy atom. The second-order valence-electron chi connectivity index (χ2n) is 1.88. The first-order chi connectivity index (χ1) is 5.34. The first-order valence-corrected chi connectivity index (χ1v) is 3.61. The van der Waals surface area contributed by atoms with E-state index in [1.165, 1.54) is 0 Å².